The zero-order valence-corrected chi connectivity index (χ0v) is 10.6. The molecule has 1 rings (SSSR count). The molecule has 0 atom stereocenters. The van der Waals surface area contributed by atoms with Crippen molar-refractivity contribution in [3.05, 3.63) is 23.8 Å². The molecule has 1 N–H and O–H groups in total. The number of benzene rings is 1. The number of rotatable bonds is 5. The number of ether oxygens (including phenoxy) is 3. The van der Waals surface area contributed by atoms with Crippen molar-refractivity contribution in [1.29, 1.82) is 0 Å². The van der Waals surface area contributed by atoms with E-state index >= 15 is 0 Å². The summed E-state index contributed by atoms with van der Waals surface area (Å²) in [5, 5.41) is 3.75. The molecular formula is C12H16N2O4. The van der Waals surface area contributed by atoms with Gasteiger partial charge in [-0.1, -0.05) is 0 Å². The van der Waals surface area contributed by atoms with Crippen molar-refractivity contribution in [2.24, 2.45) is 5.10 Å². The molecule has 0 fully saturated rings. The maximum absolute atomic E-state index is 11.0. The average Bonchev–Trinajstić information content (AvgIpc) is 2.39. The van der Waals surface area contributed by atoms with Crippen LogP contribution in [0.2, 0.25) is 0 Å². The summed E-state index contributed by atoms with van der Waals surface area (Å²) < 4.78 is 14.9. The molecule has 0 aliphatic heterocycles. The summed E-state index contributed by atoms with van der Waals surface area (Å²) in [4.78, 5) is 11.0. The number of hydrogen-bond acceptors (Lipinski definition) is 5. The Labute approximate surface area is 106 Å². The first-order valence-electron chi connectivity index (χ1n) is 5.39. The van der Waals surface area contributed by atoms with E-state index in [1.807, 2.05) is 0 Å². The molecule has 1 aromatic rings. The molecule has 0 unspecified atom stereocenters. The summed E-state index contributed by atoms with van der Waals surface area (Å²) >= 11 is 0. The first-order valence-corrected chi connectivity index (χ1v) is 5.39. The van der Waals surface area contributed by atoms with E-state index < -0.39 is 6.09 Å². The maximum Gasteiger partial charge on any atom is 0.427 e. The number of nitrogens with zero attached hydrogens (tertiary/aromatic N) is 1. The minimum atomic E-state index is -0.596. The van der Waals surface area contributed by atoms with Gasteiger partial charge in [-0.3, -0.25) is 0 Å². The topological polar surface area (TPSA) is 69.2 Å². The van der Waals surface area contributed by atoms with E-state index in [4.69, 9.17) is 9.47 Å². The van der Waals surface area contributed by atoms with Crippen molar-refractivity contribution in [3.63, 3.8) is 0 Å². The molecule has 0 bridgehead atoms. The van der Waals surface area contributed by atoms with Crippen LogP contribution in [-0.4, -0.2) is 33.1 Å². The molecule has 18 heavy (non-hydrogen) atoms. The van der Waals surface area contributed by atoms with Crippen LogP contribution in [-0.2, 0) is 4.74 Å². The third-order valence-corrected chi connectivity index (χ3v) is 2.08. The van der Waals surface area contributed by atoms with Crippen LogP contribution in [0.15, 0.2) is 23.3 Å². The van der Waals surface area contributed by atoms with E-state index in [1.165, 1.54) is 6.21 Å². The monoisotopic (exact) mass is 252 g/mol. The highest BCUT2D eigenvalue weighted by molar-refractivity contribution is 5.84. The van der Waals surface area contributed by atoms with Crippen molar-refractivity contribution in [2.45, 2.75) is 6.92 Å². The summed E-state index contributed by atoms with van der Waals surface area (Å²) in [6, 6.07) is 5.27. The van der Waals surface area contributed by atoms with Gasteiger partial charge in [0.15, 0.2) is 0 Å². The van der Waals surface area contributed by atoms with E-state index in [0.29, 0.717) is 18.1 Å². The molecule has 0 heterocycles. The van der Waals surface area contributed by atoms with E-state index in [1.54, 1.807) is 39.3 Å². The molecule has 0 aliphatic carbocycles. The van der Waals surface area contributed by atoms with Gasteiger partial charge in [0.2, 0.25) is 0 Å². The normalized spacial score (nSPS) is 10.2. The number of hydrazone groups is 1. The minimum absolute atomic E-state index is 0.299. The fourth-order valence-electron chi connectivity index (χ4n) is 1.24. The summed E-state index contributed by atoms with van der Waals surface area (Å²) in [5.74, 6) is 1.28. The molecule has 0 radical (unpaired) electrons. The van der Waals surface area contributed by atoms with E-state index in [2.05, 4.69) is 15.3 Å². The van der Waals surface area contributed by atoms with Crippen LogP contribution in [0.1, 0.15) is 12.5 Å². The highest BCUT2D eigenvalue weighted by Gasteiger charge is 2.03. The molecule has 98 valence electrons. The number of carbonyl (C=O) groups is 1. The van der Waals surface area contributed by atoms with Gasteiger partial charge in [-0.2, -0.15) is 5.10 Å². The fraction of sp³-hybridized carbons (Fsp3) is 0.333. The third-order valence-electron chi connectivity index (χ3n) is 2.08. The van der Waals surface area contributed by atoms with Gasteiger partial charge in [0, 0.05) is 11.6 Å². The minimum Gasteiger partial charge on any atom is -0.497 e. The summed E-state index contributed by atoms with van der Waals surface area (Å²) in [5.41, 5.74) is 2.95. The number of amides is 1. The Hall–Kier alpha value is -2.24. The lowest BCUT2D eigenvalue weighted by atomic mass is 10.2. The van der Waals surface area contributed by atoms with Crippen LogP contribution in [0.25, 0.3) is 0 Å². The van der Waals surface area contributed by atoms with Gasteiger partial charge >= 0.3 is 6.09 Å². The molecule has 0 aliphatic rings. The molecule has 6 heteroatoms. The van der Waals surface area contributed by atoms with Gasteiger partial charge < -0.3 is 14.2 Å². The molecular weight excluding hydrogens is 236 g/mol. The predicted octanol–water partition coefficient (Wildman–Crippen LogP) is 1.78. The first-order chi connectivity index (χ1) is 8.71. The Balaban J connectivity index is 2.71. The standard InChI is InChI=1S/C12H16N2O4/c1-4-18-12(15)14-13-8-9-5-6-10(16-2)7-11(9)17-3/h5-8H,4H2,1-3H3,(H,14,15)/b13-8-. The van der Waals surface area contributed by atoms with Crippen molar-refractivity contribution < 1.29 is 19.0 Å². The second-order valence-electron chi connectivity index (χ2n) is 3.20. The first kappa shape index (κ1) is 13.8. The summed E-state index contributed by atoms with van der Waals surface area (Å²) in [7, 11) is 3.12. The molecule has 0 saturated heterocycles. The van der Waals surface area contributed by atoms with Crippen LogP contribution in [0, 0.1) is 0 Å². The van der Waals surface area contributed by atoms with Crippen LogP contribution >= 0.6 is 0 Å². The molecule has 0 aromatic heterocycles. The number of hydrogen-bond donors (Lipinski definition) is 1. The Kier molecular flexibility index (Phi) is 5.50. The van der Waals surface area contributed by atoms with Gasteiger partial charge in [-0.15, -0.1) is 0 Å². The highest BCUT2D eigenvalue weighted by Crippen LogP contribution is 2.22. The van der Waals surface area contributed by atoms with E-state index in [0.717, 1.165) is 5.56 Å². The van der Waals surface area contributed by atoms with Gasteiger partial charge in [0.1, 0.15) is 11.5 Å². The largest absolute Gasteiger partial charge is 0.497 e. The van der Waals surface area contributed by atoms with Crippen LogP contribution in [0.3, 0.4) is 0 Å². The fourth-order valence-corrected chi connectivity index (χ4v) is 1.24. The molecule has 0 saturated carbocycles. The Morgan fingerprint density at radius 3 is 2.78 bits per heavy atom. The second kappa shape index (κ2) is 7.16. The van der Waals surface area contributed by atoms with Gasteiger partial charge in [-0.25, -0.2) is 10.2 Å². The lowest BCUT2D eigenvalue weighted by molar-refractivity contribution is 0.152. The zero-order chi connectivity index (χ0) is 13.4. The molecule has 1 aromatic carbocycles. The van der Waals surface area contributed by atoms with E-state index in [-0.39, 0.29) is 0 Å². The smallest absolute Gasteiger partial charge is 0.427 e. The van der Waals surface area contributed by atoms with Crippen LogP contribution in [0.4, 0.5) is 4.79 Å². The molecule has 6 nitrogen and oxygen atoms in total. The SMILES string of the molecule is CCOC(=O)N/N=C\c1ccc(OC)cc1OC. The Bertz CT molecular complexity index is 432. The molecule has 0 spiro atoms. The zero-order valence-electron chi connectivity index (χ0n) is 10.6. The quantitative estimate of drug-likeness (QED) is 0.640. The van der Waals surface area contributed by atoms with E-state index in [9.17, 15) is 4.79 Å². The third kappa shape index (κ3) is 3.97. The lowest BCUT2D eigenvalue weighted by Gasteiger charge is -2.06. The Morgan fingerprint density at radius 1 is 1.39 bits per heavy atom. The summed E-state index contributed by atoms with van der Waals surface area (Å²) in [6.07, 6.45) is 0.871. The average molecular weight is 252 g/mol. The maximum atomic E-state index is 11.0. The van der Waals surface area contributed by atoms with Crippen LogP contribution < -0.4 is 14.9 Å². The second-order valence-corrected chi connectivity index (χ2v) is 3.20. The number of methoxy groups -OCH3 is 2. The van der Waals surface area contributed by atoms with Gasteiger partial charge in [0.25, 0.3) is 0 Å². The van der Waals surface area contributed by atoms with Crippen molar-refractivity contribution in [3.8, 4) is 11.5 Å². The summed E-state index contributed by atoms with van der Waals surface area (Å²) in [6.45, 7) is 2.02. The Morgan fingerprint density at radius 2 is 2.17 bits per heavy atom. The number of carbonyl (C=O) groups excluding carboxylic acids is 1. The van der Waals surface area contributed by atoms with Crippen molar-refractivity contribution in [2.75, 3.05) is 20.8 Å². The van der Waals surface area contributed by atoms with Crippen LogP contribution in [0.5, 0.6) is 11.5 Å². The molecule has 1 amide bonds. The highest BCUT2D eigenvalue weighted by atomic mass is 16.5. The van der Waals surface area contributed by atoms with Crippen molar-refractivity contribution >= 4 is 12.3 Å². The predicted molar refractivity (Wildman–Crippen MR) is 67.3 cm³/mol. The lowest BCUT2D eigenvalue weighted by Crippen LogP contribution is -2.18. The van der Waals surface area contributed by atoms with Gasteiger partial charge in [0.05, 0.1) is 27.0 Å². The van der Waals surface area contributed by atoms with Gasteiger partial charge in [-0.05, 0) is 19.1 Å². The van der Waals surface area contributed by atoms with Crippen molar-refractivity contribution in [1.82, 2.24) is 5.43 Å². The number of nitrogens with one attached hydrogen (secondary N) is 1.